The molecule has 2 aromatic rings. The molecule has 0 spiro atoms. The molecule has 0 radical (unpaired) electrons. The largest absolute Gasteiger partial charge is 0.491 e. The van der Waals surface area contributed by atoms with Gasteiger partial charge in [-0.2, -0.15) is 0 Å². The third-order valence-corrected chi connectivity index (χ3v) is 4.40. The van der Waals surface area contributed by atoms with Gasteiger partial charge < -0.3 is 19.9 Å². The molecule has 1 aliphatic rings. The van der Waals surface area contributed by atoms with E-state index in [2.05, 4.69) is 12.1 Å². The van der Waals surface area contributed by atoms with Gasteiger partial charge in [0.25, 0.3) is 0 Å². The minimum absolute atomic E-state index is 0.230. The van der Waals surface area contributed by atoms with Crippen LogP contribution < -0.4 is 10.5 Å². The van der Waals surface area contributed by atoms with Crippen LogP contribution in [-0.4, -0.2) is 26.4 Å². The highest BCUT2D eigenvalue weighted by atomic mass is 16.6. The van der Waals surface area contributed by atoms with Crippen LogP contribution in [0.25, 0.3) is 11.1 Å². The molecule has 0 heterocycles. The molecule has 1 atom stereocenters. The summed E-state index contributed by atoms with van der Waals surface area (Å²) in [7, 11) is 1.65. The summed E-state index contributed by atoms with van der Waals surface area (Å²) in [6.07, 6.45) is 1.85. The highest BCUT2D eigenvalue weighted by Gasteiger charge is 2.23. The standard InChI is InChI=1S/C20H23NO4/c1-23-11-12-24-17-8-5-14(6-9-17)15-7-10-18-16(13-15)3-2-4-19(18)25-20(21)22/h5-10,13,19H,2-4,11-12H2,1H3,(H2,21,22). The van der Waals surface area contributed by atoms with Crippen molar-refractivity contribution in [2.75, 3.05) is 20.3 Å². The van der Waals surface area contributed by atoms with Crippen molar-refractivity contribution in [3.8, 4) is 16.9 Å². The van der Waals surface area contributed by atoms with Gasteiger partial charge in [0.2, 0.25) is 0 Å². The van der Waals surface area contributed by atoms with Gasteiger partial charge in [-0.05, 0) is 53.6 Å². The van der Waals surface area contributed by atoms with Crippen molar-refractivity contribution in [1.82, 2.24) is 0 Å². The number of methoxy groups -OCH3 is 1. The molecule has 5 heteroatoms. The smallest absolute Gasteiger partial charge is 0.405 e. The minimum Gasteiger partial charge on any atom is -0.491 e. The summed E-state index contributed by atoms with van der Waals surface area (Å²) in [5, 5.41) is 0. The predicted octanol–water partition coefficient (Wildman–Crippen LogP) is 3.85. The number of ether oxygens (including phenoxy) is 3. The molecule has 0 bridgehead atoms. The molecule has 0 aromatic heterocycles. The number of rotatable bonds is 6. The van der Waals surface area contributed by atoms with Crippen molar-refractivity contribution in [2.24, 2.45) is 5.73 Å². The number of primary amides is 1. The third kappa shape index (κ3) is 4.31. The summed E-state index contributed by atoms with van der Waals surface area (Å²) < 4.78 is 15.8. The van der Waals surface area contributed by atoms with Gasteiger partial charge in [-0.25, -0.2) is 4.79 Å². The van der Waals surface area contributed by atoms with E-state index >= 15 is 0 Å². The van der Waals surface area contributed by atoms with Crippen LogP contribution in [0.4, 0.5) is 4.79 Å². The van der Waals surface area contributed by atoms with E-state index in [9.17, 15) is 4.79 Å². The Morgan fingerprint density at radius 1 is 1.12 bits per heavy atom. The van der Waals surface area contributed by atoms with Crippen molar-refractivity contribution in [1.29, 1.82) is 0 Å². The van der Waals surface area contributed by atoms with Gasteiger partial charge in [0, 0.05) is 7.11 Å². The number of carbonyl (C=O) groups is 1. The lowest BCUT2D eigenvalue weighted by Crippen LogP contribution is -2.20. The first-order valence-electron chi connectivity index (χ1n) is 8.48. The van der Waals surface area contributed by atoms with E-state index in [1.54, 1.807) is 7.11 Å². The van der Waals surface area contributed by atoms with Gasteiger partial charge in [0.05, 0.1) is 6.61 Å². The van der Waals surface area contributed by atoms with E-state index in [4.69, 9.17) is 19.9 Å². The van der Waals surface area contributed by atoms with Crippen molar-refractivity contribution in [3.05, 3.63) is 53.6 Å². The van der Waals surface area contributed by atoms with Crippen molar-refractivity contribution in [2.45, 2.75) is 25.4 Å². The van der Waals surface area contributed by atoms with Crippen LogP contribution >= 0.6 is 0 Å². The zero-order valence-corrected chi connectivity index (χ0v) is 14.4. The fraction of sp³-hybridized carbons (Fsp3) is 0.350. The molecular weight excluding hydrogens is 318 g/mol. The van der Waals surface area contributed by atoms with Crippen LogP contribution in [0, 0.1) is 0 Å². The first kappa shape index (κ1) is 17.3. The second-order valence-corrected chi connectivity index (χ2v) is 6.10. The molecule has 2 N–H and O–H groups in total. The topological polar surface area (TPSA) is 70.8 Å². The van der Waals surface area contributed by atoms with Gasteiger partial charge in [0.15, 0.2) is 0 Å². The van der Waals surface area contributed by atoms with Gasteiger partial charge in [-0.15, -0.1) is 0 Å². The Morgan fingerprint density at radius 2 is 1.88 bits per heavy atom. The number of carbonyl (C=O) groups excluding carboxylic acids is 1. The highest BCUT2D eigenvalue weighted by molar-refractivity contribution is 5.67. The molecule has 0 saturated heterocycles. The van der Waals surface area contributed by atoms with Gasteiger partial charge in [-0.1, -0.05) is 30.3 Å². The van der Waals surface area contributed by atoms with E-state index in [1.165, 1.54) is 5.56 Å². The van der Waals surface area contributed by atoms with E-state index in [1.807, 2.05) is 30.3 Å². The molecule has 0 aliphatic heterocycles. The molecule has 132 valence electrons. The second-order valence-electron chi connectivity index (χ2n) is 6.10. The first-order valence-corrected chi connectivity index (χ1v) is 8.48. The van der Waals surface area contributed by atoms with Crippen LogP contribution in [0.15, 0.2) is 42.5 Å². The van der Waals surface area contributed by atoms with Crippen LogP contribution in [0.2, 0.25) is 0 Å². The van der Waals surface area contributed by atoms with Crippen LogP contribution in [0.1, 0.15) is 30.1 Å². The van der Waals surface area contributed by atoms with E-state index < -0.39 is 6.09 Å². The highest BCUT2D eigenvalue weighted by Crippen LogP contribution is 2.35. The zero-order valence-electron chi connectivity index (χ0n) is 14.4. The molecule has 2 aromatic carbocycles. The number of hydrogen-bond acceptors (Lipinski definition) is 4. The Hall–Kier alpha value is -2.53. The summed E-state index contributed by atoms with van der Waals surface area (Å²) >= 11 is 0. The monoisotopic (exact) mass is 341 g/mol. The number of fused-ring (bicyclic) bond motifs is 1. The molecular formula is C20H23NO4. The van der Waals surface area contributed by atoms with E-state index in [0.717, 1.165) is 41.7 Å². The summed E-state index contributed by atoms with van der Waals surface area (Å²) in [5.41, 5.74) is 9.72. The maximum Gasteiger partial charge on any atom is 0.405 e. The minimum atomic E-state index is -0.717. The molecule has 0 fully saturated rings. The molecule has 1 aliphatic carbocycles. The van der Waals surface area contributed by atoms with Crippen LogP contribution in [0.3, 0.4) is 0 Å². The Labute approximate surface area is 147 Å². The maximum atomic E-state index is 11.1. The lowest BCUT2D eigenvalue weighted by atomic mass is 9.87. The van der Waals surface area contributed by atoms with Crippen LogP contribution in [0.5, 0.6) is 5.75 Å². The van der Waals surface area contributed by atoms with Crippen molar-refractivity contribution >= 4 is 6.09 Å². The molecule has 5 nitrogen and oxygen atoms in total. The molecule has 1 amide bonds. The van der Waals surface area contributed by atoms with Crippen molar-refractivity contribution in [3.63, 3.8) is 0 Å². The summed E-state index contributed by atoms with van der Waals surface area (Å²) in [4.78, 5) is 11.1. The fourth-order valence-corrected chi connectivity index (χ4v) is 3.20. The van der Waals surface area contributed by atoms with Gasteiger partial charge >= 0.3 is 6.09 Å². The fourth-order valence-electron chi connectivity index (χ4n) is 3.20. The number of hydrogen-bond donors (Lipinski definition) is 1. The Kier molecular flexibility index (Phi) is 5.56. The molecule has 3 rings (SSSR count). The number of amides is 1. The Bertz CT molecular complexity index is 727. The normalized spacial score (nSPS) is 16.1. The second kappa shape index (κ2) is 8.03. The summed E-state index contributed by atoms with van der Waals surface area (Å²) in [5.74, 6) is 0.827. The first-order chi connectivity index (χ1) is 12.2. The third-order valence-electron chi connectivity index (χ3n) is 4.40. The quantitative estimate of drug-likeness (QED) is 0.810. The molecule has 25 heavy (non-hydrogen) atoms. The van der Waals surface area contributed by atoms with E-state index in [0.29, 0.717) is 13.2 Å². The Balaban J connectivity index is 1.76. The lowest BCUT2D eigenvalue weighted by molar-refractivity contribution is 0.0959. The van der Waals surface area contributed by atoms with Crippen LogP contribution in [-0.2, 0) is 15.9 Å². The number of aryl methyl sites for hydroxylation is 1. The molecule has 1 unspecified atom stereocenters. The maximum absolute atomic E-state index is 11.1. The lowest BCUT2D eigenvalue weighted by Gasteiger charge is -2.25. The predicted molar refractivity (Wildman–Crippen MR) is 95.6 cm³/mol. The average Bonchev–Trinajstić information content (AvgIpc) is 2.62. The SMILES string of the molecule is COCCOc1ccc(-c2ccc3c(c2)CCCC3OC(N)=O)cc1. The number of benzene rings is 2. The summed E-state index contributed by atoms with van der Waals surface area (Å²) in [6, 6.07) is 14.3. The average molecular weight is 341 g/mol. The van der Waals surface area contributed by atoms with E-state index in [-0.39, 0.29) is 6.10 Å². The number of nitrogens with two attached hydrogens (primary N) is 1. The van der Waals surface area contributed by atoms with Crippen molar-refractivity contribution < 1.29 is 19.0 Å². The zero-order chi connectivity index (χ0) is 17.6. The van der Waals surface area contributed by atoms with Gasteiger partial charge in [0.1, 0.15) is 18.5 Å². The summed E-state index contributed by atoms with van der Waals surface area (Å²) in [6.45, 7) is 1.11. The molecule has 0 saturated carbocycles. The Morgan fingerprint density at radius 3 is 2.60 bits per heavy atom. The van der Waals surface area contributed by atoms with Gasteiger partial charge in [-0.3, -0.25) is 0 Å².